The van der Waals surface area contributed by atoms with Crippen molar-refractivity contribution in [2.75, 3.05) is 6.61 Å². The maximum absolute atomic E-state index is 8.83. The third-order valence-corrected chi connectivity index (χ3v) is 2.80. The van der Waals surface area contributed by atoms with Crippen LogP contribution in [0, 0.1) is 0 Å². The van der Waals surface area contributed by atoms with Crippen LogP contribution in [0.4, 0.5) is 0 Å². The number of pyridine rings is 1. The molecular formula is C14H14N2O2S. The lowest BCUT2D eigenvalue weighted by Gasteiger charge is -2.06. The Kier molecular flexibility index (Phi) is 4.43. The molecule has 1 aromatic heterocycles. The molecule has 19 heavy (non-hydrogen) atoms. The quantitative estimate of drug-likeness (QED) is 0.817. The molecule has 0 aliphatic carbocycles. The van der Waals surface area contributed by atoms with Gasteiger partial charge >= 0.3 is 0 Å². The predicted molar refractivity (Wildman–Crippen MR) is 77.4 cm³/mol. The topological polar surface area (TPSA) is 68.4 Å². The number of rotatable bonds is 5. The van der Waals surface area contributed by atoms with Crippen molar-refractivity contribution in [2.24, 2.45) is 5.73 Å². The SMILES string of the molecule is NC(=S)c1ccc(Oc2ccc(CCO)cc2)nc1. The molecule has 0 atom stereocenters. The Hall–Kier alpha value is -1.98. The maximum Gasteiger partial charge on any atom is 0.219 e. The smallest absolute Gasteiger partial charge is 0.219 e. The van der Waals surface area contributed by atoms with Gasteiger partial charge in [0.15, 0.2) is 0 Å². The van der Waals surface area contributed by atoms with Crippen LogP contribution < -0.4 is 10.5 Å². The molecule has 3 N–H and O–H groups in total. The van der Waals surface area contributed by atoms with Gasteiger partial charge in [-0.2, -0.15) is 0 Å². The molecule has 0 amide bonds. The zero-order valence-corrected chi connectivity index (χ0v) is 11.1. The van der Waals surface area contributed by atoms with Crippen molar-refractivity contribution in [3.05, 3.63) is 53.7 Å². The summed E-state index contributed by atoms with van der Waals surface area (Å²) in [6.45, 7) is 0.141. The summed E-state index contributed by atoms with van der Waals surface area (Å²) in [7, 11) is 0. The molecule has 2 aromatic rings. The number of aliphatic hydroxyl groups is 1. The Bertz CT molecular complexity index is 553. The highest BCUT2D eigenvalue weighted by Crippen LogP contribution is 2.20. The Labute approximate surface area is 116 Å². The van der Waals surface area contributed by atoms with Gasteiger partial charge in [0, 0.05) is 24.4 Å². The van der Waals surface area contributed by atoms with Crippen molar-refractivity contribution in [2.45, 2.75) is 6.42 Å². The summed E-state index contributed by atoms with van der Waals surface area (Å²) < 4.78 is 5.59. The fourth-order valence-corrected chi connectivity index (χ4v) is 1.68. The molecule has 1 aromatic carbocycles. The van der Waals surface area contributed by atoms with E-state index >= 15 is 0 Å². The lowest BCUT2D eigenvalue weighted by Crippen LogP contribution is -2.09. The van der Waals surface area contributed by atoms with Gasteiger partial charge in [-0.25, -0.2) is 4.98 Å². The summed E-state index contributed by atoms with van der Waals surface area (Å²) in [5, 5.41) is 8.83. The number of thiocarbonyl (C=S) groups is 1. The summed E-state index contributed by atoms with van der Waals surface area (Å²) in [4.78, 5) is 4.44. The van der Waals surface area contributed by atoms with Crippen LogP contribution in [-0.2, 0) is 6.42 Å². The number of hydrogen-bond donors (Lipinski definition) is 2. The summed E-state index contributed by atoms with van der Waals surface area (Å²) in [6.07, 6.45) is 2.22. The number of hydrogen-bond acceptors (Lipinski definition) is 4. The van der Waals surface area contributed by atoms with E-state index < -0.39 is 0 Å². The van der Waals surface area contributed by atoms with Gasteiger partial charge in [0.2, 0.25) is 5.88 Å². The van der Waals surface area contributed by atoms with Crippen molar-refractivity contribution < 1.29 is 9.84 Å². The van der Waals surface area contributed by atoms with E-state index in [0.29, 0.717) is 28.6 Å². The van der Waals surface area contributed by atoms with Crippen molar-refractivity contribution in [1.29, 1.82) is 0 Å². The van der Waals surface area contributed by atoms with Crippen LogP contribution in [0.5, 0.6) is 11.6 Å². The molecule has 0 saturated heterocycles. The summed E-state index contributed by atoms with van der Waals surface area (Å²) in [5.74, 6) is 1.17. The molecular weight excluding hydrogens is 260 g/mol. The Balaban J connectivity index is 2.06. The second-order valence-corrected chi connectivity index (χ2v) is 4.41. The Morgan fingerprint density at radius 3 is 2.47 bits per heavy atom. The van der Waals surface area contributed by atoms with Gasteiger partial charge < -0.3 is 15.6 Å². The van der Waals surface area contributed by atoms with Gasteiger partial charge in [0.25, 0.3) is 0 Å². The number of nitrogens with zero attached hydrogens (tertiary/aromatic N) is 1. The minimum atomic E-state index is 0.141. The lowest BCUT2D eigenvalue weighted by molar-refractivity contribution is 0.299. The third kappa shape index (κ3) is 3.74. The first-order valence-electron chi connectivity index (χ1n) is 5.82. The maximum atomic E-state index is 8.83. The van der Waals surface area contributed by atoms with Gasteiger partial charge in [-0.1, -0.05) is 24.4 Å². The largest absolute Gasteiger partial charge is 0.439 e. The van der Waals surface area contributed by atoms with Crippen LogP contribution in [0.15, 0.2) is 42.6 Å². The van der Waals surface area contributed by atoms with Crippen LogP contribution in [0.1, 0.15) is 11.1 Å². The van der Waals surface area contributed by atoms with Gasteiger partial charge in [-0.3, -0.25) is 0 Å². The lowest BCUT2D eigenvalue weighted by atomic mass is 10.1. The second-order valence-electron chi connectivity index (χ2n) is 3.97. The number of benzene rings is 1. The van der Waals surface area contributed by atoms with E-state index in [1.54, 1.807) is 18.3 Å². The third-order valence-electron chi connectivity index (χ3n) is 2.57. The summed E-state index contributed by atoms with van der Waals surface area (Å²) in [6, 6.07) is 11.0. The van der Waals surface area contributed by atoms with Crippen LogP contribution in [0.25, 0.3) is 0 Å². The fourth-order valence-electron chi connectivity index (χ4n) is 1.56. The average molecular weight is 274 g/mol. The molecule has 0 aliphatic rings. The molecule has 0 aliphatic heterocycles. The Morgan fingerprint density at radius 1 is 1.21 bits per heavy atom. The van der Waals surface area contributed by atoms with Crippen LogP contribution in [-0.4, -0.2) is 21.7 Å². The van der Waals surface area contributed by atoms with E-state index in [1.807, 2.05) is 24.3 Å². The van der Waals surface area contributed by atoms with E-state index in [9.17, 15) is 0 Å². The average Bonchev–Trinajstić information content (AvgIpc) is 2.42. The highest BCUT2D eigenvalue weighted by molar-refractivity contribution is 7.80. The van der Waals surface area contributed by atoms with Crippen LogP contribution in [0.2, 0.25) is 0 Å². The first kappa shape index (κ1) is 13.5. The van der Waals surface area contributed by atoms with Gasteiger partial charge in [-0.05, 0) is 30.2 Å². The molecule has 98 valence electrons. The minimum absolute atomic E-state index is 0.141. The summed E-state index contributed by atoms with van der Waals surface area (Å²) in [5.41, 5.74) is 7.26. The van der Waals surface area contributed by atoms with E-state index in [-0.39, 0.29) is 6.61 Å². The van der Waals surface area contributed by atoms with Crippen molar-refractivity contribution in [1.82, 2.24) is 4.98 Å². The number of aliphatic hydroxyl groups excluding tert-OH is 1. The van der Waals surface area contributed by atoms with Crippen LogP contribution >= 0.6 is 12.2 Å². The molecule has 0 fully saturated rings. The minimum Gasteiger partial charge on any atom is -0.439 e. The molecule has 1 heterocycles. The molecule has 2 rings (SSSR count). The number of ether oxygens (including phenoxy) is 1. The van der Waals surface area contributed by atoms with Gasteiger partial charge in [0.1, 0.15) is 10.7 Å². The number of aromatic nitrogens is 1. The van der Waals surface area contributed by atoms with Gasteiger partial charge in [-0.15, -0.1) is 0 Å². The second kappa shape index (κ2) is 6.26. The standard InChI is InChI=1S/C14H14N2O2S/c15-14(19)11-3-6-13(16-9-11)18-12-4-1-10(2-5-12)7-8-17/h1-6,9,17H,7-8H2,(H2,15,19). The normalized spacial score (nSPS) is 10.2. The molecule has 0 bridgehead atoms. The molecule has 5 heteroatoms. The van der Waals surface area contributed by atoms with Gasteiger partial charge in [0.05, 0.1) is 0 Å². The van der Waals surface area contributed by atoms with Crippen molar-refractivity contribution in [3.63, 3.8) is 0 Å². The molecule has 0 radical (unpaired) electrons. The monoisotopic (exact) mass is 274 g/mol. The molecule has 4 nitrogen and oxygen atoms in total. The predicted octanol–water partition coefficient (Wildman–Crippen LogP) is 2.04. The van der Waals surface area contributed by atoms with E-state index in [2.05, 4.69) is 4.98 Å². The summed E-state index contributed by atoms with van der Waals surface area (Å²) >= 11 is 4.85. The zero-order chi connectivity index (χ0) is 13.7. The highest BCUT2D eigenvalue weighted by Gasteiger charge is 2.01. The Morgan fingerprint density at radius 2 is 1.95 bits per heavy atom. The molecule has 0 unspecified atom stereocenters. The van der Waals surface area contributed by atoms with Crippen molar-refractivity contribution >= 4 is 17.2 Å². The zero-order valence-electron chi connectivity index (χ0n) is 10.2. The highest BCUT2D eigenvalue weighted by atomic mass is 32.1. The first-order chi connectivity index (χ1) is 9.19. The van der Waals surface area contributed by atoms with E-state index in [4.69, 9.17) is 27.8 Å². The number of nitrogens with two attached hydrogens (primary N) is 1. The molecule has 0 saturated carbocycles. The first-order valence-corrected chi connectivity index (χ1v) is 6.23. The van der Waals surface area contributed by atoms with E-state index in [0.717, 1.165) is 5.56 Å². The van der Waals surface area contributed by atoms with Crippen LogP contribution in [0.3, 0.4) is 0 Å². The molecule has 0 spiro atoms. The van der Waals surface area contributed by atoms with E-state index in [1.165, 1.54) is 0 Å². The fraction of sp³-hybridized carbons (Fsp3) is 0.143. The van der Waals surface area contributed by atoms with Crippen molar-refractivity contribution in [3.8, 4) is 11.6 Å².